The number of aliphatic carboxylic acids is 1. The van der Waals surface area contributed by atoms with E-state index in [1.54, 1.807) is 13.0 Å². The zero-order valence-electron chi connectivity index (χ0n) is 14.4. The number of benzene rings is 2. The van der Waals surface area contributed by atoms with E-state index < -0.39 is 12.1 Å². The Morgan fingerprint density at radius 1 is 1.20 bits per heavy atom. The molecule has 0 saturated carbocycles. The predicted octanol–water partition coefficient (Wildman–Crippen LogP) is 4.30. The molecule has 0 aliphatic rings. The van der Waals surface area contributed by atoms with Crippen molar-refractivity contribution in [3.8, 4) is 5.75 Å². The van der Waals surface area contributed by atoms with Crippen LogP contribution in [0.3, 0.4) is 0 Å². The van der Waals surface area contributed by atoms with E-state index in [1.807, 2.05) is 30.3 Å². The summed E-state index contributed by atoms with van der Waals surface area (Å²) >= 11 is 5.88. The second kappa shape index (κ2) is 10.1. The fourth-order valence-corrected chi connectivity index (χ4v) is 2.63. The number of ether oxygens (including phenoxy) is 1. The second-order valence-electron chi connectivity index (χ2n) is 5.91. The van der Waals surface area contributed by atoms with Gasteiger partial charge in [-0.25, -0.2) is 4.79 Å². The highest BCUT2D eigenvalue weighted by atomic mass is 35.5. The molecule has 0 aliphatic carbocycles. The van der Waals surface area contributed by atoms with E-state index >= 15 is 0 Å². The minimum atomic E-state index is -0.937. The van der Waals surface area contributed by atoms with Crippen molar-refractivity contribution >= 4 is 17.6 Å². The molecule has 0 saturated heterocycles. The predicted molar refractivity (Wildman–Crippen MR) is 100 cm³/mol. The number of hydrogen-bond donors (Lipinski definition) is 2. The number of rotatable bonds is 10. The third kappa shape index (κ3) is 6.77. The van der Waals surface area contributed by atoms with Crippen molar-refractivity contribution in [2.75, 3.05) is 6.54 Å². The van der Waals surface area contributed by atoms with Crippen LogP contribution in [-0.4, -0.2) is 23.7 Å². The van der Waals surface area contributed by atoms with Crippen LogP contribution >= 0.6 is 11.6 Å². The smallest absolute Gasteiger partial charge is 0.344 e. The first kappa shape index (κ1) is 19.3. The second-order valence-corrected chi connectivity index (χ2v) is 6.34. The highest BCUT2D eigenvalue weighted by molar-refractivity contribution is 6.30. The van der Waals surface area contributed by atoms with Crippen LogP contribution in [0.25, 0.3) is 0 Å². The molecule has 2 aromatic carbocycles. The van der Waals surface area contributed by atoms with Crippen molar-refractivity contribution in [3.63, 3.8) is 0 Å². The van der Waals surface area contributed by atoms with Gasteiger partial charge in [-0.3, -0.25) is 0 Å². The number of carboxylic acid groups (broad SMARTS) is 1. The lowest BCUT2D eigenvalue weighted by molar-refractivity contribution is -0.145. The fraction of sp³-hybridized carbons (Fsp3) is 0.350. The van der Waals surface area contributed by atoms with E-state index in [1.165, 1.54) is 5.56 Å². The Kier molecular flexibility index (Phi) is 7.76. The molecule has 25 heavy (non-hydrogen) atoms. The number of halogens is 1. The van der Waals surface area contributed by atoms with Gasteiger partial charge < -0.3 is 15.2 Å². The summed E-state index contributed by atoms with van der Waals surface area (Å²) in [6.45, 7) is 3.42. The number of carboxylic acids is 1. The van der Waals surface area contributed by atoms with Crippen LogP contribution in [0.15, 0.2) is 48.5 Å². The van der Waals surface area contributed by atoms with Crippen LogP contribution in [0.2, 0.25) is 5.02 Å². The number of nitrogens with one attached hydrogen (secondary N) is 1. The van der Waals surface area contributed by atoms with Gasteiger partial charge >= 0.3 is 5.97 Å². The van der Waals surface area contributed by atoms with Gasteiger partial charge in [-0.05, 0) is 61.2 Å². The van der Waals surface area contributed by atoms with E-state index in [-0.39, 0.29) is 0 Å². The van der Waals surface area contributed by atoms with Crippen molar-refractivity contribution in [1.29, 1.82) is 0 Å². The van der Waals surface area contributed by atoms with Crippen molar-refractivity contribution in [1.82, 2.24) is 5.32 Å². The van der Waals surface area contributed by atoms with E-state index in [0.29, 0.717) is 12.2 Å². The van der Waals surface area contributed by atoms with Crippen LogP contribution in [0.4, 0.5) is 0 Å². The number of aryl methyl sites for hydroxylation is 1. The molecule has 2 N–H and O–H groups in total. The fourth-order valence-electron chi connectivity index (χ4n) is 2.50. The van der Waals surface area contributed by atoms with Gasteiger partial charge in [0, 0.05) is 11.6 Å². The topological polar surface area (TPSA) is 58.6 Å². The van der Waals surface area contributed by atoms with Gasteiger partial charge in [0.1, 0.15) is 5.75 Å². The zero-order chi connectivity index (χ0) is 18.1. The number of carbonyl (C=O) groups is 1. The molecule has 0 fully saturated rings. The summed E-state index contributed by atoms with van der Waals surface area (Å²) in [6, 6.07) is 15.5. The van der Waals surface area contributed by atoms with Gasteiger partial charge in [0.05, 0.1) is 0 Å². The normalized spacial score (nSPS) is 11.9. The lowest BCUT2D eigenvalue weighted by Gasteiger charge is -2.14. The Morgan fingerprint density at radius 2 is 1.96 bits per heavy atom. The molecule has 0 amide bonds. The Balaban J connectivity index is 1.74. The minimum Gasteiger partial charge on any atom is -0.479 e. The molecule has 0 bridgehead atoms. The van der Waals surface area contributed by atoms with Crippen LogP contribution in [0.1, 0.15) is 30.9 Å². The Labute approximate surface area is 153 Å². The molecule has 0 radical (unpaired) electrons. The van der Waals surface area contributed by atoms with Gasteiger partial charge in [0.25, 0.3) is 0 Å². The molecule has 0 aromatic heterocycles. The van der Waals surface area contributed by atoms with Crippen LogP contribution in [0, 0.1) is 0 Å². The summed E-state index contributed by atoms with van der Waals surface area (Å²) in [5.74, 6) is -0.344. The maximum Gasteiger partial charge on any atom is 0.344 e. The van der Waals surface area contributed by atoms with Gasteiger partial charge in [0.15, 0.2) is 6.10 Å². The third-order valence-corrected chi connectivity index (χ3v) is 4.14. The molecular weight excluding hydrogens is 338 g/mol. The van der Waals surface area contributed by atoms with Crippen molar-refractivity contribution < 1.29 is 14.6 Å². The maximum absolute atomic E-state index is 11.1. The monoisotopic (exact) mass is 361 g/mol. The molecule has 0 aliphatic heterocycles. The Bertz CT molecular complexity index is 673. The van der Waals surface area contributed by atoms with Crippen LogP contribution in [-0.2, 0) is 17.8 Å². The van der Waals surface area contributed by atoms with Crippen molar-refractivity contribution in [3.05, 3.63) is 64.7 Å². The Morgan fingerprint density at radius 3 is 2.64 bits per heavy atom. The summed E-state index contributed by atoms with van der Waals surface area (Å²) in [6.07, 6.45) is 1.67. The van der Waals surface area contributed by atoms with E-state index in [0.717, 1.165) is 36.5 Å². The highest BCUT2D eigenvalue weighted by Crippen LogP contribution is 2.16. The quantitative estimate of drug-likeness (QED) is 0.619. The molecule has 0 heterocycles. The Hall–Kier alpha value is -2.04. The lowest BCUT2D eigenvalue weighted by Crippen LogP contribution is -2.26. The van der Waals surface area contributed by atoms with Gasteiger partial charge in [-0.1, -0.05) is 42.8 Å². The number of hydrogen-bond acceptors (Lipinski definition) is 3. The van der Waals surface area contributed by atoms with Gasteiger partial charge in [0.2, 0.25) is 0 Å². The molecule has 4 nitrogen and oxygen atoms in total. The molecule has 134 valence electrons. The summed E-state index contributed by atoms with van der Waals surface area (Å²) in [5, 5.41) is 13.2. The largest absolute Gasteiger partial charge is 0.479 e. The van der Waals surface area contributed by atoms with Crippen molar-refractivity contribution in [2.45, 2.75) is 38.8 Å². The molecular formula is C20H24ClNO3. The summed E-state index contributed by atoms with van der Waals surface area (Å²) in [7, 11) is 0. The maximum atomic E-state index is 11.1. The average molecular weight is 362 g/mol. The third-order valence-electron chi connectivity index (χ3n) is 3.88. The summed E-state index contributed by atoms with van der Waals surface area (Å²) in [4.78, 5) is 11.1. The van der Waals surface area contributed by atoms with E-state index in [2.05, 4.69) is 17.4 Å². The first-order chi connectivity index (χ1) is 12.1. The highest BCUT2D eigenvalue weighted by Gasteiger charge is 2.16. The standard InChI is InChI=1S/C20H24ClNO3/c1-2-19(20(23)24)25-18-7-3-5-16(13-18)14-22-12-4-6-15-8-10-17(21)11-9-15/h3,5,7-11,13,19,22H,2,4,6,12,14H2,1H3,(H,23,24). The first-order valence-electron chi connectivity index (χ1n) is 8.52. The minimum absolute atomic E-state index is 0.433. The van der Waals surface area contributed by atoms with Crippen LogP contribution in [0.5, 0.6) is 5.75 Å². The van der Waals surface area contributed by atoms with Gasteiger partial charge in [-0.15, -0.1) is 0 Å². The summed E-state index contributed by atoms with van der Waals surface area (Å²) in [5.41, 5.74) is 2.35. The molecule has 0 spiro atoms. The summed E-state index contributed by atoms with van der Waals surface area (Å²) < 4.78 is 5.52. The van der Waals surface area contributed by atoms with E-state index in [4.69, 9.17) is 21.4 Å². The molecule has 2 aromatic rings. The molecule has 5 heteroatoms. The van der Waals surface area contributed by atoms with Crippen LogP contribution < -0.4 is 10.1 Å². The lowest BCUT2D eigenvalue weighted by atomic mass is 10.1. The van der Waals surface area contributed by atoms with E-state index in [9.17, 15) is 4.79 Å². The SMILES string of the molecule is CCC(Oc1cccc(CNCCCc2ccc(Cl)cc2)c1)C(=O)O. The average Bonchev–Trinajstić information content (AvgIpc) is 2.61. The molecule has 1 atom stereocenters. The van der Waals surface area contributed by atoms with Crippen molar-refractivity contribution in [2.24, 2.45) is 0 Å². The zero-order valence-corrected chi connectivity index (χ0v) is 15.1. The first-order valence-corrected chi connectivity index (χ1v) is 8.90. The molecule has 2 rings (SSSR count). The molecule has 1 unspecified atom stereocenters. The van der Waals surface area contributed by atoms with Gasteiger partial charge in [-0.2, -0.15) is 0 Å².